The summed E-state index contributed by atoms with van der Waals surface area (Å²) in [6.45, 7) is 2.67. The number of halogens is 1. The van der Waals surface area contributed by atoms with Gasteiger partial charge in [0.05, 0.1) is 6.54 Å². The average Bonchev–Trinajstić information content (AvgIpc) is 3.02. The molecule has 22 heavy (non-hydrogen) atoms. The molecule has 0 saturated heterocycles. The Morgan fingerprint density at radius 2 is 1.91 bits per heavy atom. The van der Waals surface area contributed by atoms with Gasteiger partial charge in [0.1, 0.15) is 12.7 Å². The van der Waals surface area contributed by atoms with Gasteiger partial charge in [0.2, 0.25) is 0 Å². The molecular weight excluding hydrogens is 294 g/mol. The lowest BCUT2D eigenvalue weighted by molar-refractivity contribution is 0.685. The summed E-state index contributed by atoms with van der Waals surface area (Å²) in [5.41, 5.74) is 4.08. The summed E-state index contributed by atoms with van der Waals surface area (Å²) in [5, 5.41) is 4.85. The zero-order valence-corrected chi connectivity index (χ0v) is 12.9. The Morgan fingerprint density at radius 1 is 1.09 bits per heavy atom. The van der Waals surface area contributed by atoms with Gasteiger partial charge in [-0.2, -0.15) is 5.10 Å². The van der Waals surface area contributed by atoms with Crippen molar-refractivity contribution in [2.24, 2.45) is 0 Å². The zero-order valence-electron chi connectivity index (χ0n) is 12.1. The quantitative estimate of drug-likeness (QED) is 0.676. The van der Waals surface area contributed by atoms with Crippen molar-refractivity contribution in [3.05, 3.63) is 82.4 Å². The fourth-order valence-corrected chi connectivity index (χ4v) is 2.24. The molecule has 3 aromatic rings. The molecule has 0 atom stereocenters. The fourth-order valence-electron chi connectivity index (χ4n) is 2.06. The average molecular weight is 308 g/mol. The monoisotopic (exact) mass is 307 g/mol. The van der Waals surface area contributed by atoms with Crippen LogP contribution in [0.5, 0.6) is 0 Å². The van der Waals surface area contributed by atoms with Crippen LogP contribution in [0.25, 0.3) is 0 Å². The van der Waals surface area contributed by atoms with E-state index in [0.29, 0.717) is 6.54 Å². The Kier molecular flexibility index (Phi) is 4.22. The molecule has 0 saturated carbocycles. The number of benzene rings is 2. The Balaban J connectivity index is 1.81. The van der Waals surface area contributed by atoms with E-state index in [9.17, 15) is 0 Å². The van der Waals surface area contributed by atoms with Crippen molar-refractivity contribution in [1.82, 2.24) is 14.8 Å². The Bertz CT molecular complexity index is 842. The van der Waals surface area contributed by atoms with Crippen LogP contribution in [0.2, 0.25) is 5.02 Å². The zero-order chi connectivity index (χ0) is 15.4. The van der Waals surface area contributed by atoms with Crippen LogP contribution in [0.15, 0.2) is 55.1 Å². The summed E-state index contributed by atoms with van der Waals surface area (Å²) < 4.78 is 1.78. The van der Waals surface area contributed by atoms with Gasteiger partial charge in [-0.05, 0) is 42.3 Å². The normalized spacial score (nSPS) is 10.1. The fraction of sp³-hybridized carbons (Fsp3) is 0.111. The molecule has 0 aliphatic rings. The standard InChI is InChI=1S/C18H14ClN3/c1-14-5-6-16(10-18(14)19)8-7-15-3-2-4-17(9-15)11-22-13-20-12-21-22/h2-6,9-10,12-13H,11H2,1H3. The highest BCUT2D eigenvalue weighted by Crippen LogP contribution is 2.16. The lowest BCUT2D eigenvalue weighted by Gasteiger charge is -2.01. The van der Waals surface area contributed by atoms with Crippen LogP contribution in [0.1, 0.15) is 22.3 Å². The minimum atomic E-state index is 0.686. The van der Waals surface area contributed by atoms with Crippen LogP contribution in [0.3, 0.4) is 0 Å². The number of hydrogen-bond donors (Lipinski definition) is 0. The molecule has 1 heterocycles. The van der Waals surface area contributed by atoms with Gasteiger partial charge in [0, 0.05) is 16.1 Å². The van der Waals surface area contributed by atoms with Crippen molar-refractivity contribution in [2.45, 2.75) is 13.5 Å². The lowest BCUT2D eigenvalue weighted by atomic mass is 10.1. The first-order chi connectivity index (χ1) is 10.7. The Labute approximate surface area is 134 Å². The molecular formula is C18H14ClN3. The summed E-state index contributed by atoms with van der Waals surface area (Å²) in [4.78, 5) is 3.94. The maximum Gasteiger partial charge on any atom is 0.137 e. The number of nitrogens with zero attached hydrogens (tertiary/aromatic N) is 3. The van der Waals surface area contributed by atoms with Gasteiger partial charge in [-0.15, -0.1) is 0 Å². The third kappa shape index (κ3) is 3.55. The van der Waals surface area contributed by atoms with E-state index in [1.54, 1.807) is 11.0 Å². The van der Waals surface area contributed by atoms with Crippen LogP contribution < -0.4 is 0 Å². The van der Waals surface area contributed by atoms with Crippen molar-refractivity contribution in [3.63, 3.8) is 0 Å². The molecule has 0 bridgehead atoms. The Morgan fingerprint density at radius 3 is 2.64 bits per heavy atom. The number of rotatable bonds is 2. The van der Waals surface area contributed by atoms with Gasteiger partial charge in [0.25, 0.3) is 0 Å². The van der Waals surface area contributed by atoms with E-state index in [-0.39, 0.29) is 0 Å². The van der Waals surface area contributed by atoms with Crippen LogP contribution in [0, 0.1) is 18.8 Å². The summed E-state index contributed by atoms with van der Waals surface area (Å²) in [5.74, 6) is 6.32. The first-order valence-corrected chi connectivity index (χ1v) is 7.28. The molecule has 3 nitrogen and oxygen atoms in total. The number of aryl methyl sites for hydroxylation is 1. The predicted octanol–water partition coefficient (Wildman–Crippen LogP) is 3.69. The second-order valence-corrected chi connectivity index (χ2v) is 5.41. The largest absolute Gasteiger partial charge is 0.249 e. The maximum atomic E-state index is 6.12. The van der Waals surface area contributed by atoms with Gasteiger partial charge < -0.3 is 0 Å². The van der Waals surface area contributed by atoms with Crippen LogP contribution >= 0.6 is 11.6 Å². The third-order valence-electron chi connectivity index (χ3n) is 3.26. The molecule has 0 unspecified atom stereocenters. The highest BCUT2D eigenvalue weighted by molar-refractivity contribution is 6.31. The second kappa shape index (κ2) is 6.46. The van der Waals surface area contributed by atoms with Gasteiger partial charge in [0.15, 0.2) is 0 Å². The van der Waals surface area contributed by atoms with E-state index in [1.807, 2.05) is 37.3 Å². The van der Waals surface area contributed by atoms with Gasteiger partial charge in [-0.25, -0.2) is 9.67 Å². The molecule has 4 heteroatoms. The van der Waals surface area contributed by atoms with Gasteiger partial charge in [-0.3, -0.25) is 0 Å². The van der Waals surface area contributed by atoms with E-state index in [2.05, 4.69) is 34.1 Å². The van der Waals surface area contributed by atoms with Crippen molar-refractivity contribution >= 4 is 11.6 Å². The summed E-state index contributed by atoms with van der Waals surface area (Å²) in [7, 11) is 0. The molecule has 0 aliphatic carbocycles. The molecule has 1 aromatic heterocycles. The van der Waals surface area contributed by atoms with Crippen molar-refractivity contribution in [3.8, 4) is 11.8 Å². The minimum absolute atomic E-state index is 0.686. The lowest BCUT2D eigenvalue weighted by Crippen LogP contribution is -1.99. The SMILES string of the molecule is Cc1ccc(C#Cc2cccc(Cn3cncn3)c2)cc1Cl. The maximum absolute atomic E-state index is 6.12. The molecule has 0 amide bonds. The van der Waals surface area contributed by atoms with Gasteiger partial charge in [-0.1, -0.05) is 41.6 Å². The molecule has 0 N–H and O–H groups in total. The summed E-state index contributed by atoms with van der Waals surface area (Å²) in [6.07, 6.45) is 3.23. The van der Waals surface area contributed by atoms with Crippen molar-refractivity contribution < 1.29 is 0 Å². The van der Waals surface area contributed by atoms with Crippen LogP contribution in [-0.4, -0.2) is 14.8 Å². The van der Waals surface area contributed by atoms with E-state index in [1.165, 1.54) is 6.33 Å². The van der Waals surface area contributed by atoms with Gasteiger partial charge >= 0.3 is 0 Å². The Hall–Kier alpha value is -2.57. The van der Waals surface area contributed by atoms with Crippen molar-refractivity contribution in [2.75, 3.05) is 0 Å². The highest BCUT2D eigenvalue weighted by Gasteiger charge is 1.97. The molecule has 0 aliphatic heterocycles. The molecule has 108 valence electrons. The van der Waals surface area contributed by atoms with Crippen LogP contribution in [0.4, 0.5) is 0 Å². The highest BCUT2D eigenvalue weighted by atomic mass is 35.5. The number of hydrogen-bond acceptors (Lipinski definition) is 2. The summed E-state index contributed by atoms with van der Waals surface area (Å²) >= 11 is 6.12. The molecule has 2 aromatic carbocycles. The number of aromatic nitrogens is 3. The van der Waals surface area contributed by atoms with Crippen LogP contribution in [-0.2, 0) is 6.54 Å². The third-order valence-corrected chi connectivity index (χ3v) is 3.67. The molecule has 0 fully saturated rings. The predicted molar refractivity (Wildman–Crippen MR) is 87.7 cm³/mol. The van der Waals surface area contributed by atoms with E-state index < -0.39 is 0 Å². The van der Waals surface area contributed by atoms with E-state index in [0.717, 1.165) is 27.3 Å². The molecule has 0 spiro atoms. The first kappa shape index (κ1) is 14.4. The molecule has 3 rings (SSSR count). The van der Waals surface area contributed by atoms with Crippen molar-refractivity contribution in [1.29, 1.82) is 0 Å². The minimum Gasteiger partial charge on any atom is -0.249 e. The molecule has 0 radical (unpaired) electrons. The van der Waals surface area contributed by atoms with E-state index >= 15 is 0 Å². The smallest absolute Gasteiger partial charge is 0.137 e. The first-order valence-electron chi connectivity index (χ1n) is 6.90. The topological polar surface area (TPSA) is 30.7 Å². The second-order valence-electron chi connectivity index (χ2n) is 5.01. The van der Waals surface area contributed by atoms with E-state index in [4.69, 9.17) is 11.6 Å². The summed E-state index contributed by atoms with van der Waals surface area (Å²) in [6, 6.07) is 14.0.